The summed E-state index contributed by atoms with van der Waals surface area (Å²) in [4.78, 5) is 0. The van der Waals surface area contributed by atoms with Gasteiger partial charge in [-0.2, -0.15) is 0 Å². The molecule has 0 saturated heterocycles. The average molecular weight is 126 g/mol. The van der Waals surface area contributed by atoms with Gasteiger partial charge in [0.05, 0.1) is 0 Å². The van der Waals surface area contributed by atoms with Crippen LogP contribution < -0.4 is 0 Å². The molecule has 0 aliphatic carbocycles. The SMILES string of the molecule is [B]B=BB=BB=BB=BCC. The van der Waals surface area contributed by atoms with Crippen LogP contribution in [0.2, 0.25) is 6.32 Å². The second-order valence-corrected chi connectivity index (χ2v) is 1.99. The van der Waals surface area contributed by atoms with E-state index in [0.29, 0.717) is 0 Å². The van der Waals surface area contributed by atoms with Crippen molar-refractivity contribution in [1.82, 2.24) is 0 Å². The number of hydrogen-bond donors (Lipinski definition) is 0. The molecule has 0 N–H and O–H groups in total. The molecule has 0 spiro atoms. The number of rotatable bonds is 4. The molecule has 0 unspecified atom stereocenters. The molecule has 0 atom stereocenters. The fourth-order valence-electron chi connectivity index (χ4n) is 0.535. The third-order valence-electron chi connectivity index (χ3n) is 1.04. The van der Waals surface area contributed by atoms with E-state index >= 15 is 0 Å². The summed E-state index contributed by atoms with van der Waals surface area (Å²) in [6.45, 7) is 17.3. The van der Waals surface area contributed by atoms with Gasteiger partial charge in [0.2, 0.25) is 0 Å². The van der Waals surface area contributed by atoms with E-state index in [2.05, 4.69) is 13.7 Å². The van der Waals surface area contributed by atoms with Crippen molar-refractivity contribution in [3.05, 3.63) is 0 Å². The number of hydrogen-bond acceptors (Lipinski definition) is 0. The van der Waals surface area contributed by atoms with Crippen LogP contribution in [0, 0.1) is 0 Å². The van der Waals surface area contributed by atoms with E-state index in [4.69, 9.17) is 7.74 Å². The van der Waals surface area contributed by atoms with Crippen LogP contribution in [0.15, 0.2) is 0 Å². The molecule has 40 valence electrons. The van der Waals surface area contributed by atoms with E-state index in [0.717, 1.165) is 6.32 Å². The fourth-order valence-corrected chi connectivity index (χ4v) is 0.535. The summed E-state index contributed by atoms with van der Waals surface area (Å²) < 4.78 is 0. The van der Waals surface area contributed by atoms with Gasteiger partial charge in [0, 0.05) is 0 Å². The maximum atomic E-state index is 5.12. The first kappa shape index (κ1) is 11.6. The quantitative estimate of drug-likeness (QED) is 0.367. The Balaban J connectivity index is 3.51. The van der Waals surface area contributed by atoms with E-state index in [1.165, 1.54) is 6.69 Å². The first-order chi connectivity index (χ1) is 5.41. The van der Waals surface area contributed by atoms with Crippen LogP contribution in [0.4, 0.5) is 0 Å². The van der Waals surface area contributed by atoms with Crippen LogP contribution in [0.3, 0.4) is 0 Å². The molecule has 0 aromatic carbocycles. The van der Waals surface area contributed by atoms with Crippen LogP contribution in [-0.4, -0.2) is 61.4 Å². The first-order valence-electron chi connectivity index (χ1n) is 3.78. The molecule has 0 aromatic rings. The predicted molar refractivity (Wildman–Crippen MR) is 62.3 cm³/mol. The predicted octanol–water partition coefficient (Wildman–Crippen LogP) is -2.45. The van der Waals surface area contributed by atoms with E-state index in [1.807, 2.05) is 33.5 Å². The molecule has 0 rings (SSSR count). The Kier molecular flexibility index (Phi) is 11.1. The van der Waals surface area contributed by atoms with Crippen LogP contribution in [-0.2, 0) is 0 Å². The molecule has 0 aromatic heterocycles. The fraction of sp³-hybridized carbons (Fsp3) is 1.00. The van der Waals surface area contributed by atoms with Crippen molar-refractivity contribution >= 4 is 61.4 Å². The Morgan fingerprint density at radius 1 is 0.909 bits per heavy atom. The van der Waals surface area contributed by atoms with Gasteiger partial charge in [-0.25, -0.2) is 0 Å². The molecular formula is C2H5B9. The molecule has 2 radical (unpaired) electrons. The van der Waals surface area contributed by atoms with Gasteiger partial charge in [0.1, 0.15) is 0 Å². The van der Waals surface area contributed by atoms with Gasteiger partial charge >= 0.3 is 74.6 Å². The Bertz CT molecular complexity index is 176. The first-order valence-corrected chi connectivity index (χ1v) is 3.78. The van der Waals surface area contributed by atoms with Gasteiger partial charge < -0.3 is 0 Å². The van der Waals surface area contributed by atoms with Gasteiger partial charge in [-0.3, -0.25) is 0 Å². The van der Waals surface area contributed by atoms with Gasteiger partial charge in [-0.05, 0) is 0 Å². The summed E-state index contributed by atoms with van der Waals surface area (Å²) in [6.07, 6.45) is 1.08. The van der Waals surface area contributed by atoms with Gasteiger partial charge in [-0.15, -0.1) is 0 Å². The molecule has 11 heavy (non-hydrogen) atoms. The maximum absolute atomic E-state index is 5.12. The van der Waals surface area contributed by atoms with Crippen molar-refractivity contribution in [2.24, 2.45) is 0 Å². The van der Waals surface area contributed by atoms with Crippen LogP contribution in [0.5, 0.6) is 0 Å². The van der Waals surface area contributed by atoms with E-state index in [-0.39, 0.29) is 0 Å². The monoisotopic (exact) mass is 128 g/mol. The standard InChI is InChI=1S/C2H5B9/c1-2-4-6-8-10-11-9-7-5-3/h2H2,1H3. The van der Waals surface area contributed by atoms with Gasteiger partial charge in [0.25, 0.3) is 0 Å². The van der Waals surface area contributed by atoms with Crippen molar-refractivity contribution in [2.75, 3.05) is 0 Å². The van der Waals surface area contributed by atoms with Gasteiger partial charge in [-0.1, -0.05) is 0 Å². The average Bonchev–Trinajstić information content (AvgIpc) is 2.03. The molecule has 0 nitrogen and oxygen atoms in total. The summed E-state index contributed by atoms with van der Waals surface area (Å²) in [5, 5.41) is 0. The van der Waals surface area contributed by atoms with E-state index in [1.54, 1.807) is 6.69 Å². The summed E-state index contributed by atoms with van der Waals surface area (Å²) in [5.41, 5.74) is 0. The second kappa shape index (κ2) is 10.6. The topological polar surface area (TPSA) is 0 Å². The minimum absolute atomic E-state index is 1.08. The second-order valence-electron chi connectivity index (χ2n) is 1.99. The minimum atomic E-state index is 1.08. The summed E-state index contributed by atoms with van der Waals surface area (Å²) >= 11 is 0. The van der Waals surface area contributed by atoms with Crippen molar-refractivity contribution in [2.45, 2.75) is 13.2 Å². The normalized spacial score (nSPS) is 7.36. The third kappa shape index (κ3) is 10.6. The molecule has 0 heterocycles. The van der Waals surface area contributed by atoms with Gasteiger partial charge in [0.15, 0.2) is 0 Å². The summed E-state index contributed by atoms with van der Waals surface area (Å²) in [5.74, 6) is 0. The van der Waals surface area contributed by atoms with Crippen LogP contribution >= 0.6 is 0 Å². The molecule has 0 bridgehead atoms. The van der Waals surface area contributed by atoms with E-state index < -0.39 is 0 Å². The van der Waals surface area contributed by atoms with Crippen molar-refractivity contribution < 1.29 is 0 Å². The van der Waals surface area contributed by atoms with Crippen molar-refractivity contribution in [3.63, 3.8) is 0 Å². The third-order valence-corrected chi connectivity index (χ3v) is 1.04. The van der Waals surface area contributed by atoms with E-state index in [9.17, 15) is 0 Å². The Labute approximate surface area is 75.1 Å². The summed E-state index contributed by atoms with van der Waals surface area (Å²) in [7, 11) is 5.12. The molecule has 0 saturated carbocycles. The Morgan fingerprint density at radius 3 is 2.00 bits per heavy atom. The Morgan fingerprint density at radius 2 is 1.45 bits per heavy atom. The summed E-state index contributed by atoms with van der Waals surface area (Å²) in [6, 6.07) is 0. The Hall–Kier alpha value is 0.584. The molecule has 0 amide bonds. The van der Waals surface area contributed by atoms with Crippen molar-refractivity contribution in [1.29, 1.82) is 0 Å². The van der Waals surface area contributed by atoms with Crippen LogP contribution in [0.1, 0.15) is 6.92 Å². The molecule has 9 heteroatoms. The zero-order valence-electron chi connectivity index (χ0n) is 6.90. The zero-order valence-corrected chi connectivity index (χ0v) is 6.90. The molecular weight excluding hydrogens is 121 g/mol. The molecule has 0 aliphatic rings. The van der Waals surface area contributed by atoms with Crippen LogP contribution in [0.25, 0.3) is 0 Å². The molecule has 0 aliphatic heterocycles. The molecule has 0 fully saturated rings. The van der Waals surface area contributed by atoms with Crippen molar-refractivity contribution in [3.8, 4) is 0 Å². The zero-order chi connectivity index (χ0) is 8.36.